The van der Waals surface area contributed by atoms with Crippen molar-refractivity contribution in [2.75, 3.05) is 23.7 Å². The van der Waals surface area contributed by atoms with Crippen molar-refractivity contribution >= 4 is 21.6 Å². The summed E-state index contributed by atoms with van der Waals surface area (Å²) >= 11 is 0. The van der Waals surface area contributed by atoms with Crippen LogP contribution in [0.15, 0.2) is 12.1 Å². The first-order valence-electron chi connectivity index (χ1n) is 7.53. The van der Waals surface area contributed by atoms with E-state index in [1.807, 2.05) is 32.9 Å². The second-order valence-corrected chi connectivity index (χ2v) is 8.05. The molecule has 0 unspecified atom stereocenters. The molecule has 5 nitrogen and oxygen atoms in total. The predicted molar refractivity (Wildman–Crippen MR) is 88.6 cm³/mol. The molecular formula is C16H24N2O3S. The number of hydrogen-bond donors (Lipinski definition) is 1. The summed E-state index contributed by atoms with van der Waals surface area (Å²) in [5, 5.41) is 2.82. The van der Waals surface area contributed by atoms with Gasteiger partial charge in [0.15, 0.2) is 0 Å². The average Bonchev–Trinajstić information content (AvgIpc) is 3.18. The summed E-state index contributed by atoms with van der Waals surface area (Å²) in [5.41, 5.74) is 3.68. The summed E-state index contributed by atoms with van der Waals surface area (Å²) in [5.74, 6) is 0.167. The molecule has 1 fully saturated rings. The molecular weight excluding hydrogens is 300 g/mol. The zero-order chi connectivity index (χ0) is 16.5. The summed E-state index contributed by atoms with van der Waals surface area (Å²) in [6.07, 6.45) is 3.09. The van der Waals surface area contributed by atoms with E-state index in [9.17, 15) is 13.2 Å². The number of carbonyl (C=O) groups is 1. The summed E-state index contributed by atoms with van der Waals surface area (Å²) in [7, 11) is -3.40. The van der Waals surface area contributed by atoms with Crippen molar-refractivity contribution in [1.29, 1.82) is 0 Å². The molecule has 1 amide bonds. The third-order valence-electron chi connectivity index (χ3n) is 3.85. The van der Waals surface area contributed by atoms with Crippen molar-refractivity contribution in [3.8, 4) is 0 Å². The average molecular weight is 324 g/mol. The van der Waals surface area contributed by atoms with Crippen LogP contribution >= 0.6 is 0 Å². The Hall–Kier alpha value is -1.56. The number of rotatable bonds is 6. The molecule has 0 aromatic heterocycles. The fourth-order valence-corrected chi connectivity index (χ4v) is 3.82. The molecule has 0 bridgehead atoms. The van der Waals surface area contributed by atoms with Gasteiger partial charge in [0, 0.05) is 12.5 Å². The van der Waals surface area contributed by atoms with Gasteiger partial charge in [-0.2, -0.15) is 0 Å². The molecule has 1 saturated carbocycles. The van der Waals surface area contributed by atoms with E-state index in [1.165, 1.54) is 10.6 Å². The molecule has 1 aliphatic carbocycles. The number of sulfonamides is 1. The smallest absolute Gasteiger partial charge is 0.232 e. The van der Waals surface area contributed by atoms with E-state index in [2.05, 4.69) is 5.32 Å². The highest BCUT2D eigenvalue weighted by Crippen LogP contribution is 2.29. The maximum absolute atomic E-state index is 12.2. The van der Waals surface area contributed by atoms with Crippen LogP contribution < -0.4 is 9.62 Å². The number of aryl methyl sites for hydroxylation is 3. The van der Waals surface area contributed by atoms with Gasteiger partial charge >= 0.3 is 0 Å². The topological polar surface area (TPSA) is 66.5 Å². The van der Waals surface area contributed by atoms with E-state index >= 15 is 0 Å². The van der Waals surface area contributed by atoms with Gasteiger partial charge in [-0.3, -0.25) is 9.10 Å². The first-order valence-corrected chi connectivity index (χ1v) is 9.38. The maximum atomic E-state index is 12.2. The van der Waals surface area contributed by atoms with Crippen LogP contribution in [0.2, 0.25) is 0 Å². The molecule has 0 saturated heterocycles. The Morgan fingerprint density at radius 2 is 1.77 bits per heavy atom. The highest BCUT2D eigenvalue weighted by Gasteiger charge is 2.29. The van der Waals surface area contributed by atoms with Gasteiger partial charge in [0.2, 0.25) is 15.9 Å². The summed E-state index contributed by atoms with van der Waals surface area (Å²) in [6, 6.07) is 3.95. The SMILES string of the molecule is Cc1cc(C)c(N(CCNC(=O)C2CC2)S(C)(=O)=O)c(C)c1. The lowest BCUT2D eigenvalue weighted by molar-refractivity contribution is -0.122. The van der Waals surface area contributed by atoms with Gasteiger partial charge in [-0.1, -0.05) is 17.7 Å². The summed E-state index contributed by atoms with van der Waals surface area (Å²) in [4.78, 5) is 11.7. The zero-order valence-electron chi connectivity index (χ0n) is 13.6. The second-order valence-electron chi connectivity index (χ2n) is 6.15. The molecule has 0 atom stereocenters. The van der Waals surface area contributed by atoms with Crippen LogP contribution in [-0.2, 0) is 14.8 Å². The molecule has 122 valence electrons. The molecule has 1 aromatic rings. The van der Waals surface area contributed by atoms with E-state index in [1.54, 1.807) is 0 Å². The Morgan fingerprint density at radius 3 is 2.23 bits per heavy atom. The predicted octanol–water partition coefficient (Wildman–Crippen LogP) is 1.90. The molecule has 1 aliphatic rings. The minimum Gasteiger partial charge on any atom is -0.354 e. The van der Waals surface area contributed by atoms with E-state index in [0.717, 1.165) is 29.5 Å². The van der Waals surface area contributed by atoms with E-state index < -0.39 is 10.0 Å². The first kappa shape index (κ1) is 16.8. The van der Waals surface area contributed by atoms with Crippen LogP contribution in [0.3, 0.4) is 0 Å². The Bertz CT molecular complexity index is 656. The number of benzene rings is 1. The van der Waals surface area contributed by atoms with Crippen molar-refractivity contribution in [1.82, 2.24) is 5.32 Å². The van der Waals surface area contributed by atoms with Crippen LogP contribution in [0, 0.1) is 26.7 Å². The highest BCUT2D eigenvalue weighted by molar-refractivity contribution is 7.92. The molecule has 2 rings (SSSR count). The largest absolute Gasteiger partial charge is 0.354 e. The molecule has 0 spiro atoms. The third-order valence-corrected chi connectivity index (χ3v) is 5.01. The van der Waals surface area contributed by atoms with Gasteiger partial charge in [-0.25, -0.2) is 8.42 Å². The van der Waals surface area contributed by atoms with Crippen molar-refractivity contribution < 1.29 is 13.2 Å². The van der Waals surface area contributed by atoms with E-state index in [0.29, 0.717) is 12.2 Å². The Balaban J connectivity index is 2.18. The third kappa shape index (κ3) is 4.00. The lowest BCUT2D eigenvalue weighted by atomic mass is 10.1. The molecule has 22 heavy (non-hydrogen) atoms. The van der Waals surface area contributed by atoms with Crippen LogP contribution in [-0.4, -0.2) is 33.7 Å². The van der Waals surface area contributed by atoms with Gasteiger partial charge in [0.05, 0.1) is 18.5 Å². The minimum absolute atomic E-state index is 0.0331. The molecule has 0 heterocycles. The fourth-order valence-electron chi connectivity index (χ4n) is 2.78. The van der Waals surface area contributed by atoms with E-state index in [-0.39, 0.29) is 18.4 Å². The molecule has 6 heteroatoms. The Kier molecular flexibility index (Phi) is 4.80. The van der Waals surface area contributed by atoms with Crippen LogP contribution in [0.5, 0.6) is 0 Å². The molecule has 1 N–H and O–H groups in total. The standard InChI is InChI=1S/C16H24N2O3S/c1-11-9-12(2)15(13(3)10-11)18(22(4,20)21)8-7-17-16(19)14-5-6-14/h9-10,14H,5-8H2,1-4H3,(H,17,19). The minimum atomic E-state index is -3.40. The molecule has 1 aromatic carbocycles. The molecule has 0 radical (unpaired) electrons. The normalized spacial score (nSPS) is 14.7. The van der Waals surface area contributed by atoms with Gasteiger partial charge in [-0.05, 0) is 44.7 Å². The fraction of sp³-hybridized carbons (Fsp3) is 0.562. The van der Waals surface area contributed by atoms with Gasteiger partial charge in [0.1, 0.15) is 0 Å². The van der Waals surface area contributed by atoms with Crippen molar-refractivity contribution in [2.45, 2.75) is 33.6 Å². The first-order chi connectivity index (χ1) is 10.2. The number of hydrogen-bond acceptors (Lipinski definition) is 3. The number of amides is 1. The highest BCUT2D eigenvalue weighted by atomic mass is 32.2. The monoisotopic (exact) mass is 324 g/mol. The van der Waals surface area contributed by atoms with Crippen LogP contribution in [0.4, 0.5) is 5.69 Å². The van der Waals surface area contributed by atoms with Gasteiger partial charge in [-0.15, -0.1) is 0 Å². The molecule has 0 aliphatic heterocycles. The quantitative estimate of drug-likeness (QED) is 0.869. The number of carbonyl (C=O) groups excluding carboxylic acids is 1. The van der Waals surface area contributed by atoms with Crippen LogP contribution in [0.1, 0.15) is 29.5 Å². The number of anilines is 1. The van der Waals surface area contributed by atoms with Crippen molar-refractivity contribution in [3.63, 3.8) is 0 Å². The Morgan fingerprint density at radius 1 is 1.23 bits per heavy atom. The Labute approximate surface area is 132 Å². The lowest BCUT2D eigenvalue weighted by Crippen LogP contribution is -2.39. The number of nitrogens with zero attached hydrogens (tertiary/aromatic N) is 1. The summed E-state index contributed by atoms with van der Waals surface area (Å²) < 4.78 is 25.7. The van der Waals surface area contributed by atoms with Crippen molar-refractivity contribution in [3.05, 3.63) is 28.8 Å². The van der Waals surface area contributed by atoms with Crippen LogP contribution in [0.25, 0.3) is 0 Å². The maximum Gasteiger partial charge on any atom is 0.232 e. The van der Waals surface area contributed by atoms with E-state index in [4.69, 9.17) is 0 Å². The lowest BCUT2D eigenvalue weighted by Gasteiger charge is -2.26. The van der Waals surface area contributed by atoms with Gasteiger partial charge < -0.3 is 5.32 Å². The van der Waals surface area contributed by atoms with Crippen molar-refractivity contribution in [2.24, 2.45) is 5.92 Å². The summed E-state index contributed by atoms with van der Waals surface area (Å²) in [6.45, 7) is 6.40. The van der Waals surface area contributed by atoms with Gasteiger partial charge in [0.25, 0.3) is 0 Å². The number of nitrogens with one attached hydrogen (secondary N) is 1. The zero-order valence-corrected chi connectivity index (χ0v) is 14.5. The second kappa shape index (κ2) is 6.28.